The van der Waals surface area contributed by atoms with Crippen LogP contribution in [0.4, 0.5) is 0 Å². The molecule has 1 saturated heterocycles. The molecule has 88 valence electrons. The molecule has 0 spiro atoms. The summed E-state index contributed by atoms with van der Waals surface area (Å²) in [5.74, 6) is -0.0583. The molecule has 0 aromatic carbocycles. The molecular weight excluding hydrogens is 196 g/mol. The molecule has 1 rings (SSSR count). The van der Waals surface area contributed by atoms with E-state index in [1.165, 1.54) is 0 Å². The monoisotopic (exact) mass is 216 g/mol. The molecule has 1 amide bonds. The number of aliphatic hydroxyl groups is 1. The molecule has 0 aromatic rings. The fraction of sp³-hybridized carbons (Fsp3) is 0.900. The predicted molar refractivity (Wildman–Crippen MR) is 56.5 cm³/mol. The number of aliphatic hydroxyl groups excluding tert-OH is 1. The number of carbonyl (C=O) groups excluding carboxylic acids is 1. The van der Waals surface area contributed by atoms with Crippen LogP contribution in [-0.4, -0.2) is 49.0 Å². The molecule has 0 saturated carbocycles. The van der Waals surface area contributed by atoms with Crippen LogP contribution < -0.4 is 10.6 Å². The maximum Gasteiger partial charge on any atom is 0.222 e. The third-order valence-corrected chi connectivity index (χ3v) is 2.30. The second-order valence-electron chi connectivity index (χ2n) is 4.52. The van der Waals surface area contributed by atoms with E-state index in [-0.39, 0.29) is 18.6 Å². The Balaban J connectivity index is 2.28. The van der Waals surface area contributed by atoms with Gasteiger partial charge in [-0.2, -0.15) is 0 Å². The minimum absolute atomic E-state index is 0.0583. The van der Waals surface area contributed by atoms with Crippen molar-refractivity contribution >= 4 is 5.91 Å². The summed E-state index contributed by atoms with van der Waals surface area (Å²) in [4.78, 5) is 11.6. The first-order chi connectivity index (χ1) is 7.03. The Morgan fingerprint density at radius 1 is 1.67 bits per heavy atom. The number of morpholine rings is 1. The first-order valence-electron chi connectivity index (χ1n) is 5.26. The fourth-order valence-corrected chi connectivity index (χ4v) is 1.44. The second-order valence-corrected chi connectivity index (χ2v) is 4.52. The van der Waals surface area contributed by atoms with Crippen LogP contribution in [0.25, 0.3) is 0 Å². The summed E-state index contributed by atoms with van der Waals surface area (Å²) in [6.45, 7) is 5.59. The number of amides is 1. The molecular formula is C10H20N2O3. The van der Waals surface area contributed by atoms with Crippen molar-refractivity contribution in [3.05, 3.63) is 0 Å². The average Bonchev–Trinajstić information content (AvgIpc) is 2.18. The molecule has 1 atom stereocenters. The summed E-state index contributed by atoms with van der Waals surface area (Å²) < 4.78 is 5.25. The Bertz CT molecular complexity index is 213. The van der Waals surface area contributed by atoms with Gasteiger partial charge in [0.1, 0.15) is 0 Å². The lowest BCUT2D eigenvalue weighted by Crippen LogP contribution is -2.50. The Morgan fingerprint density at radius 3 is 2.93 bits per heavy atom. The number of hydrogen-bond donors (Lipinski definition) is 3. The summed E-state index contributed by atoms with van der Waals surface area (Å²) in [7, 11) is 0. The van der Waals surface area contributed by atoms with E-state index in [9.17, 15) is 4.79 Å². The maximum atomic E-state index is 11.6. The lowest BCUT2D eigenvalue weighted by molar-refractivity contribution is -0.124. The van der Waals surface area contributed by atoms with Gasteiger partial charge < -0.3 is 20.5 Å². The minimum Gasteiger partial charge on any atom is -0.394 e. The number of carbonyl (C=O) groups is 1. The summed E-state index contributed by atoms with van der Waals surface area (Å²) >= 11 is 0. The third kappa shape index (κ3) is 4.59. The summed E-state index contributed by atoms with van der Waals surface area (Å²) in [5, 5.41) is 15.0. The number of ether oxygens (including phenoxy) is 1. The highest BCUT2D eigenvalue weighted by Crippen LogP contribution is 2.03. The van der Waals surface area contributed by atoms with Gasteiger partial charge in [0, 0.05) is 19.0 Å². The molecule has 5 nitrogen and oxygen atoms in total. The van der Waals surface area contributed by atoms with Crippen molar-refractivity contribution in [3.8, 4) is 0 Å². The number of rotatable bonds is 4. The molecule has 3 N–H and O–H groups in total. The first-order valence-corrected chi connectivity index (χ1v) is 5.26. The van der Waals surface area contributed by atoms with Crippen LogP contribution in [0.5, 0.6) is 0 Å². The Morgan fingerprint density at radius 2 is 2.40 bits per heavy atom. The van der Waals surface area contributed by atoms with E-state index >= 15 is 0 Å². The Labute approximate surface area is 90.2 Å². The van der Waals surface area contributed by atoms with Crippen molar-refractivity contribution in [2.75, 3.05) is 26.4 Å². The van der Waals surface area contributed by atoms with Crippen molar-refractivity contribution in [2.24, 2.45) is 0 Å². The molecule has 0 radical (unpaired) electrons. The molecule has 1 aliphatic heterocycles. The van der Waals surface area contributed by atoms with Crippen molar-refractivity contribution < 1.29 is 14.6 Å². The highest BCUT2D eigenvalue weighted by atomic mass is 16.5. The van der Waals surface area contributed by atoms with Crippen LogP contribution in [0, 0.1) is 0 Å². The van der Waals surface area contributed by atoms with Gasteiger partial charge in [-0.05, 0) is 13.8 Å². The highest BCUT2D eigenvalue weighted by molar-refractivity contribution is 5.77. The zero-order valence-electron chi connectivity index (χ0n) is 9.38. The van der Waals surface area contributed by atoms with E-state index < -0.39 is 5.54 Å². The molecule has 1 heterocycles. The molecule has 15 heavy (non-hydrogen) atoms. The van der Waals surface area contributed by atoms with Crippen LogP contribution in [0.1, 0.15) is 20.3 Å². The molecule has 1 aliphatic rings. The largest absolute Gasteiger partial charge is 0.394 e. The van der Waals surface area contributed by atoms with Crippen LogP contribution in [0.15, 0.2) is 0 Å². The number of nitrogens with one attached hydrogen (secondary N) is 2. The lowest BCUT2D eigenvalue weighted by atomic mass is 10.1. The smallest absolute Gasteiger partial charge is 0.222 e. The first kappa shape index (κ1) is 12.4. The van der Waals surface area contributed by atoms with Gasteiger partial charge in [0.2, 0.25) is 5.91 Å². The summed E-state index contributed by atoms with van der Waals surface area (Å²) in [5.41, 5.74) is -0.549. The Hall–Kier alpha value is -0.650. The second kappa shape index (κ2) is 5.44. The van der Waals surface area contributed by atoms with Crippen molar-refractivity contribution in [1.29, 1.82) is 0 Å². The van der Waals surface area contributed by atoms with E-state index in [1.54, 1.807) is 13.8 Å². The fourth-order valence-electron chi connectivity index (χ4n) is 1.44. The van der Waals surface area contributed by atoms with E-state index in [2.05, 4.69) is 10.6 Å². The van der Waals surface area contributed by atoms with Gasteiger partial charge in [0.25, 0.3) is 0 Å². The van der Waals surface area contributed by atoms with Gasteiger partial charge in [0.05, 0.1) is 25.4 Å². The van der Waals surface area contributed by atoms with Crippen molar-refractivity contribution in [2.45, 2.75) is 31.8 Å². The van der Waals surface area contributed by atoms with Gasteiger partial charge >= 0.3 is 0 Å². The van der Waals surface area contributed by atoms with Crippen LogP contribution >= 0.6 is 0 Å². The van der Waals surface area contributed by atoms with Gasteiger partial charge in [-0.25, -0.2) is 0 Å². The average molecular weight is 216 g/mol. The highest BCUT2D eigenvalue weighted by Gasteiger charge is 2.22. The van der Waals surface area contributed by atoms with E-state index in [4.69, 9.17) is 9.84 Å². The van der Waals surface area contributed by atoms with Crippen LogP contribution in [0.3, 0.4) is 0 Å². The molecule has 0 aromatic heterocycles. The molecule has 0 bridgehead atoms. The summed E-state index contributed by atoms with van der Waals surface area (Å²) in [6.07, 6.45) is 0.392. The van der Waals surface area contributed by atoms with E-state index in [0.717, 1.165) is 6.54 Å². The van der Waals surface area contributed by atoms with Gasteiger partial charge in [-0.15, -0.1) is 0 Å². The molecule has 1 unspecified atom stereocenters. The number of hydrogen-bond acceptors (Lipinski definition) is 4. The lowest BCUT2D eigenvalue weighted by Gasteiger charge is -2.27. The van der Waals surface area contributed by atoms with Gasteiger partial charge in [-0.1, -0.05) is 0 Å². The normalized spacial score (nSPS) is 22.5. The summed E-state index contributed by atoms with van der Waals surface area (Å²) in [6, 6.07) is 0.0910. The SMILES string of the molecule is CC(C)(CO)NC(=O)CC1COCCN1. The molecule has 1 fully saturated rings. The van der Waals surface area contributed by atoms with Gasteiger partial charge in [0.15, 0.2) is 0 Å². The zero-order chi connectivity index (χ0) is 11.3. The maximum absolute atomic E-state index is 11.6. The minimum atomic E-state index is -0.549. The third-order valence-electron chi connectivity index (χ3n) is 2.30. The molecule has 5 heteroatoms. The Kier molecular flexibility index (Phi) is 4.50. The van der Waals surface area contributed by atoms with E-state index in [0.29, 0.717) is 19.6 Å². The van der Waals surface area contributed by atoms with Crippen LogP contribution in [0.2, 0.25) is 0 Å². The quantitative estimate of drug-likeness (QED) is 0.578. The van der Waals surface area contributed by atoms with Gasteiger partial charge in [-0.3, -0.25) is 4.79 Å². The topological polar surface area (TPSA) is 70.6 Å². The van der Waals surface area contributed by atoms with Crippen molar-refractivity contribution in [3.63, 3.8) is 0 Å². The van der Waals surface area contributed by atoms with Crippen LogP contribution in [-0.2, 0) is 9.53 Å². The zero-order valence-corrected chi connectivity index (χ0v) is 9.38. The van der Waals surface area contributed by atoms with Crippen molar-refractivity contribution in [1.82, 2.24) is 10.6 Å². The molecule has 0 aliphatic carbocycles. The predicted octanol–water partition coefficient (Wildman–Crippen LogP) is -0.748. The standard InChI is InChI=1S/C10H20N2O3/c1-10(2,7-13)12-9(14)5-8-6-15-4-3-11-8/h8,11,13H,3-7H2,1-2H3,(H,12,14). The van der Waals surface area contributed by atoms with E-state index in [1.807, 2.05) is 0 Å².